The molecule has 0 aromatic carbocycles. The highest BCUT2D eigenvalue weighted by Gasteiger charge is 2.28. The Balaban J connectivity index is 3.14. The van der Waals surface area contributed by atoms with Crippen molar-refractivity contribution in [3.8, 4) is 0 Å². The van der Waals surface area contributed by atoms with Gasteiger partial charge in [0.1, 0.15) is 18.7 Å². The van der Waals surface area contributed by atoms with Gasteiger partial charge in [0, 0.05) is 5.92 Å². The Hall–Kier alpha value is -2.38. The second-order valence-corrected chi connectivity index (χ2v) is 4.61. The summed E-state index contributed by atoms with van der Waals surface area (Å²) in [4.78, 5) is 34.5. The summed E-state index contributed by atoms with van der Waals surface area (Å²) in [5, 5.41) is 21.2. The van der Waals surface area contributed by atoms with E-state index in [4.69, 9.17) is 14.7 Å². The van der Waals surface area contributed by atoms with Crippen molar-refractivity contribution >= 4 is 17.8 Å². The van der Waals surface area contributed by atoms with Crippen molar-refractivity contribution < 1.29 is 29.1 Å². The molecule has 2 N–H and O–H groups in total. The Labute approximate surface area is 115 Å². The van der Waals surface area contributed by atoms with Crippen molar-refractivity contribution in [2.24, 2.45) is 0 Å². The number of carbonyl (C=O) groups excluding carboxylic acids is 1. The number of aliphatic carboxylic acids is 2. The SMILES string of the molecule is Cc1noc(C(C)C)c1C(=O)N(CC(=O)O)CC(=O)O. The second-order valence-electron chi connectivity index (χ2n) is 4.61. The first-order chi connectivity index (χ1) is 9.23. The lowest BCUT2D eigenvalue weighted by Crippen LogP contribution is -2.39. The molecule has 1 heterocycles. The molecule has 0 fully saturated rings. The van der Waals surface area contributed by atoms with Crippen molar-refractivity contribution in [3.63, 3.8) is 0 Å². The quantitative estimate of drug-likeness (QED) is 0.789. The molecular formula is C12H16N2O6. The Kier molecular flexibility index (Phi) is 4.84. The third-order valence-electron chi connectivity index (χ3n) is 2.57. The summed E-state index contributed by atoms with van der Waals surface area (Å²) >= 11 is 0. The van der Waals surface area contributed by atoms with E-state index in [1.165, 1.54) is 0 Å². The van der Waals surface area contributed by atoms with Gasteiger partial charge in [-0.25, -0.2) is 0 Å². The van der Waals surface area contributed by atoms with Gasteiger partial charge < -0.3 is 19.6 Å². The maximum absolute atomic E-state index is 12.3. The topological polar surface area (TPSA) is 121 Å². The number of carboxylic acids is 2. The lowest BCUT2D eigenvalue weighted by molar-refractivity contribution is -0.140. The Morgan fingerprint density at radius 1 is 1.20 bits per heavy atom. The zero-order valence-corrected chi connectivity index (χ0v) is 11.4. The molecule has 0 atom stereocenters. The summed E-state index contributed by atoms with van der Waals surface area (Å²) in [5.41, 5.74) is 0.432. The molecule has 8 heteroatoms. The first-order valence-corrected chi connectivity index (χ1v) is 5.93. The van der Waals surface area contributed by atoms with E-state index in [9.17, 15) is 14.4 Å². The van der Waals surface area contributed by atoms with Crippen molar-refractivity contribution in [1.29, 1.82) is 0 Å². The highest BCUT2D eigenvalue weighted by molar-refractivity contribution is 5.99. The minimum Gasteiger partial charge on any atom is -0.480 e. The predicted octanol–water partition coefficient (Wildman–Crippen LogP) is 0.718. The van der Waals surface area contributed by atoms with Gasteiger partial charge in [-0.2, -0.15) is 0 Å². The first-order valence-electron chi connectivity index (χ1n) is 5.93. The fraction of sp³-hybridized carbons (Fsp3) is 0.500. The van der Waals surface area contributed by atoms with Crippen molar-refractivity contribution in [3.05, 3.63) is 17.0 Å². The van der Waals surface area contributed by atoms with Gasteiger partial charge in [0.25, 0.3) is 5.91 Å². The van der Waals surface area contributed by atoms with Crippen molar-refractivity contribution in [2.75, 3.05) is 13.1 Å². The van der Waals surface area contributed by atoms with Crippen LogP contribution in [-0.2, 0) is 9.59 Å². The van der Waals surface area contributed by atoms with E-state index in [-0.39, 0.29) is 11.5 Å². The van der Waals surface area contributed by atoms with Gasteiger partial charge in [-0.15, -0.1) is 0 Å². The highest BCUT2D eigenvalue weighted by Crippen LogP contribution is 2.23. The average Bonchev–Trinajstić information content (AvgIpc) is 2.68. The van der Waals surface area contributed by atoms with E-state index >= 15 is 0 Å². The zero-order valence-electron chi connectivity index (χ0n) is 11.4. The number of carboxylic acid groups (broad SMARTS) is 2. The summed E-state index contributed by atoms with van der Waals surface area (Å²) < 4.78 is 5.05. The van der Waals surface area contributed by atoms with E-state index in [0.29, 0.717) is 11.5 Å². The minimum atomic E-state index is -1.29. The van der Waals surface area contributed by atoms with Crippen LogP contribution in [-0.4, -0.2) is 51.2 Å². The maximum Gasteiger partial charge on any atom is 0.323 e. The van der Waals surface area contributed by atoms with Gasteiger partial charge in [0.2, 0.25) is 0 Å². The molecule has 1 aromatic rings. The number of hydrogen-bond acceptors (Lipinski definition) is 5. The standard InChI is InChI=1S/C12H16N2O6/c1-6(2)11-10(7(3)13-20-11)12(19)14(4-8(15)16)5-9(17)18/h6H,4-5H2,1-3H3,(H,15,16)(H,17,18). The number of carbonyl (C=O) groups is 3. The molecule has 0 aliphatic rings. The second kappa shape index (κ2) is 6.18. The molecule has 8 nitrogen and oxygen atoms in total. The Morgan fingerprint density at radius 2 is 1.70 bits per heavy atom. The molecule has 110 valence electrons. The molecule has 1 amide bonds. The van der Waals surface area contributed by atoms with Crippen molar-refractivity contribution in [1.82, 2.24) is 10.1 Å². The van der Waals surface area contributed by atoms with Crippen LogP contribution < -0.4 is 0 Å². The molecule has 0 bridgehead atoms. The molecule has 0 radical (unpaired) electrons. The van der Waals surface area contributed by atoms with E-state index in [1.807, 2.05) is 0 Å². The number of aromatic nitrogens is 1. The highest BCUT2D eigenvalue weighted by atomic mass is 16.5. The van der Waals surface area contributed by atoms with Crippen molar-refractivity contribution in [2.45, 2.75) is 26.7 Å². The van der Waals surface area contributed by atoms with Gasteiger partial charge >= 0.3 is 11.9 Å². The molecule has 0 saturated heterocycles. The number of aryl methyl sites for hydroxylation is 1. The van der Waals surface area contributed by atoms with Crippen LogP contribution in [0.1, 0.15) is 41.6 Å². The third-order valence-corrected chi connectivity index (χ3v) is 2.57. The molecule has 1 aromatic heterocycles. The van der Waals surface area contributed by atoms with Crippen LogP contribution in [0.3, 0.4) is 0 Å². The van der Waals surface area contributed by atoms with Crippen LogP contribution in [0.15, 0.2) is 4.52 Å². The fourth-order valence-electron chi connectivity index (χ4n) is 1.73. The number of rotatable bonds is 6. The number of nitrogens with zero attached hydrogens (tertiary/aromatic N) is 2. The zero-order chi connectivity index (χ0) is 15.4. The van der Waals surface area contributed by atoms with E-state index in [2.05, 4.69) is 5.16 Å². The molecular weight excluding hydrogens is 268 g/mol. The molecule has 20 heavy (non-hydrogen) atoms. The van der Waals surface area contributed by atoms with Crippen LogP contribution in [0.25, 0.3) is 0 Å². The van der Waals surface area contributed by atoms with Crippen LogP contribution in [0, 0.1) is 6.92 Å². The summed E-state index contributed by atoms with van der Waals surface area (Å²) in [6.45, 7) is 3.72. The third kappa shape index (κ3) is 3.56. The molecule has 0 spiro atoms. The summed E-state index contributed by atoms with van der Waals surface area (Å²) in [6.07, 6.45) is 0. The monoisotopic (exact) mass is 284 g/mol. The smallest absolute Gasteiger partial charge is 0.323 e. The predicted molar refractivity (Wildman–Crippen MR) is 66.5 cm³/mol. The Bertz CT molecular complexity index is 518. The van der Waals surface area contributed by atoms with Crippen LogP contribution >= 0.6 is 0 Å². The summed E-state index contributed by atoms with van der Waals surface area (Å²) in [5.74, 6) is -3.11. The molecule has 0 aliphatic carbocycles. The van der Waals surface area contributed by atoms with Gasteiger partial charge in [-0.05, 0) is 6.92 Å². The van der Waals surface area contributed by atoms with Gasteiger partial charge in [0.05, 0.1) is 5.69 Å². The van der Waals surface area contributed by atoms with Crippen LogP contribution in [0.4, 0.5) is 0 Å². The van der Waals surface area contributed by atoms with E-state index < -0.39 is 30.9 Å². The van der Waals surface area contributed by atoms with Gasteiger partial charge in [-0.3, -0.25) is 14.4 Å². The maximum atomic E-state index is 12.3. The molecule has 0 saturated carbocycles. The largest absolute Gasteiger partial charge is 0.480 e. The van der Waals surface area contributed by atoms with Crippen LogP contribution in [0.5, 0.6) is 0 Å². The normalized spacial score (nSPS) is 10.6. The average molecular weight is 284 g/mol. The van der Waals surface area contributed by atoms with Gasteiger partial charge in [-0.1, -0.05) is 19.0 Å². The minimum absolute atomic E-state index is 0.127. The van der Waals surface area contributed by atoms with E-state index in [0.717, 1.165) is 4.90 Å². The summed E-state index contributed by atoms with van der Waals surface area (Å²) in [6, 6.07) is 0. The molecule has 1 rings (SSSR count). The lowest BCUT2D eigenvalue weighted by atomic mass is 10.0. The van der Waals surface area contributed by atoms with Gasteiger partial charge in [0.15, 0.2) is 5.76 Å². The van der Waals surface area contributed by atoms with Crippen LogP contribution in [0.2, 0.25) is 0 Å². The number of hydrogen-bond donors (Lipinski definition) is 2. The molecule has 0 aliphatic heterocycles. The number of amides is 1. The lowest BCUT2D eigenvalue weighted by Gasteiger charge is -2.18. The Morgan fingerprint density at radius 3 is 2.10 bits per heavy atom. The molecule has 0 unspecified atom stereocenters. The summed E-state index contributed by atoms with van der Waals surface area (Å²) in [7, 11) is 0. The first kappa shape index (κ1) is 15.7. The fourth-order valence-corrected chi connectivity index (χ4v) is 1.73. The van der Waals surface area contributed by atoms with E-state index in [1.54, 1.807) is 20.8 Å².